The quantitative estimate of drug-likeness (QED) is 0.885. The summed E-state index contributed by atoms with van der Waals surface area (Å²) in [6.45, 7) is 1.98. The van der Waals surface area contributed by atoms with Crippen LogP contribution in [0.4, 0.5) is 4.79 Å². The second-order valence-electron chi connectivity index (χ2n) is 5.45. The Bertz CT molecular complexity index is 442. The van der Waals surface area contributed by atoms with Crippen LogP contribution in [0.5, 0.6) is 5.75 Å². The fourth-order valence-electron chi connectivity index (χ4n) is 2.66. The number of hydrogen-bond donors (Lipinski definition) is 2. The van der Waals surface area contributed by atoms with Crippen molar-refractivity contribution >= 4 is 6.03 Å². The summed E-state index contributed by atoms with van der Waals surface area (Å²) in [6, 6.07) is 8.01. The number of rotatable bonds is 4. The van der Waals surface area contributed by atoms with E-state index in [-0.39, 0.29) is 12.1 Å². The average Bonchev–Trinajstić information content (AvgIpc) is 2.48. The van der Waals surface area contributed by atoms with Crippen molar-refractivity contribution in [2.24, 2.45) is 0 Å². The van der Waals surface area contributed by atoms with Crippen molar-refractivity contribution in [3.63, 3.8) is 0 Å². The first kappa shape index (κ1) is 14.7. The van der Waals surface area contributed by atoms with Gasteiger partial charge in [-0.05, 0) is 37.5 Å². The Kier molecular flexibility index (Phi) is 5.27. The highest BCUT2D eigenvalue weighted by molar-refractivity contribution is 5.74. The molecule has 0 unspecified atom stereocenters. The van der Waals surface area contributed by atoms with Crippen molar-refractivity contribution in [3.8, 4) is 5.75 Å². The van der Waals surface area contributed by atoms with Crippen LogP contribution < -0.4 is 15.4 Å². The van der Waals surface area contributed by atoms with Crippen LogP contribution in [0.2, 0.25) is 0 Å². The van der Waals surface area contributed by atoms with Gasteiger partial charge in [0.1, 0.15) is 5.75 Å². The third-order valence-electron chi connectivity index (χ3n) is 3.88. The molecule has 4 heteroatoms. The predicted octanol–water partition coefficient (Wildman–Crippen LogP) is 3.39. The van der Waals surface area contributed by atoms with Crippen LogP contribution in [-0.2, 0) is 0 Å². The van der Waals surface area contributed by atoms with Gasteiger partial charge in [0.25, 0.3) is 0 Å². The van der Waals surface area contributed by atoms with Crippen molar-refractivity contribution in [2.45, 2.75) is 51.1 Å². The topological polar surface area (TPSA) is 50.4 Å². The van der Waals surface area contributed by atoms with Crippen LogP contribution in [-0.4, -0.2) is 19.2 Å². The van der Waals surface area contributed by atoms with Gasteiger partial charge in [0.05, 0.1) is 13.2 Å². The highest BCUT2D eigenvalue weighted by Gasteiger charge is 2.17. The number of urea groups is 1. The van der Waals surface area contributed by atoms with Crippen LogP contribution in [0.15, 0.2) is 24.3 Å². The summed E-state index contributed by atoms with van der Waals surface area (Å²) < 4.78 is 5.20. The Hall–Kier alpha value is -1.71. The van der Waals surface area contributed by atoms with Crippen molar-refractivity contribution in [1.82, 2.24) is 10.6 Å². The summed E-state index contributed by atoms with van der Waals surface area (Å²) in [5.41, 5.74) is 1.04. The Labute approximate surface area is 120 Å². The van der Waals surface area contributed by atoms with Gasteiger partial charge in [-0.15, -0.1) is 0 Å². The van der Waals surface area contributed by atoms with Crippen LogP contribution in [0.3, 0.4) is 0 Å². The molecule has 4 nitrogen and oxygen atoms in total. The van der Waals surface area contributed by atoms with Crippen molar-refractivity contribution in [2.75, 3.05) is 7.11 Å². The van der Waals surface area contributed by atoms with Crippen molar-refractivity contribution < 1.29 is 9.53 Å². The van der Waals surface area contributed by atoms with Gasteiger partial charge in [-0.2, -0.15) is 0 Å². The Morgan fingerprint density at radius 2 is 2.05 bits per heavy atom. The van der Waals surface area contributed by atoms with E-state index in [4.69, 9.17) is 4.74 Å². The molecule has 20 heavy (non-hydrogen) atoms. The van der Waals surface area contributed by atoms with E-state index in [2.05, 4.69) is 10.6 Å². The molecule has 0 spiro atoms. The molecular formula is C16H24N2O2. The van der Waals surface area contributed by atoms with Gasteiger partial charge in [-0.25, -0.2) is 4.79 Å². The van der Waals surface area contributed by atoms with E-state index in [0.29, 0.717) is 6.04 Å². The summed E-state index contributed by atoms with van der Waals surface area (Å²) in [5, 5.41) is 6.06. The molecule has 1 aliphatic rings. The number of ether oxygens (including phenoxy) is 1. The lowest BCUT2D eigenvalue weighted by Gasteiger charge is -2.24. The third-order valence-corrected chi connectivity index (χ3v) is 3.88. The van der Waals surface area contributed by atoms with Crippen molar-refractivity contribution in [3.05, 3.63) is 29.8 Å². The lowest BCUT2D eigenvalue weighted by Crippen LogP contribution is -2.43. The monoisotopic (exact) mass is 276 g/mol. The summed E-state index contributed by atoms with van der Waals surface area (Å²) in [6.07, 6.45) is 5.93. The standard InChI is InChI=1S/C16H24N2O2/c1-12(13-7-6-10-15(11-13)20-2)17-16(19)18-14-8-4-3-5-9-14/h6-7,10-12,14H,3-5,8-9H2,1-2H3,(H2,17,18,19)/t12-/m0/s1. The first-order valence-corrected chi connectivity index (χ1v) is 7.40. The number of amides is 2. The molecule has 0 aliphatic heterocycles. The van der Waals surface area contributed by atoms with Crippen LogP contribution in [0.1, 0.15) is 50.6 Å². The molecule has 1 aromatic rings. The Morgan fingerprint density at radius 1 is 1.30 bits per heavy atom. The Balaban J connectivity index is 1.86. The lowest BCUT2D eigenvalue weighted by atomic mass is 9.96. The lowest BCUT2D eigenvalue weighted by molar-refractivity contribution is 0.229. The second kappa shape index (κ2) is 7.17. The van der Waals surface area contributed by atoms with Gasteiger partial charge in [0.15, 0.2) is 0 Å². The van der Waals surface area contributed by atoms with E-state index < -0.39 is 0 Å². The molecule has 0 aromatic heterocycles. The smallest absolute Gasteiger partial charge is 0.315 e. The maximum atomic E-state index is 12.0. The first-order chi connectivity index (χ1) is 9.69. The summed E-state index contributed by atoms with van der Waals surface area (Å²) >= 11 is 0. The molecule has 1 fully saturated rings. The van der Waals surface area contributed by atoms with Gasteiger partial charge in [0, 0.05) is 6.04 Å². The number of methoxy groups -OCH3 is 1. The zero-order valence-electron chi connectivity index (χ0n) is 12.3. The van der Waals surface area contributed by atoms with E-state index in [9.17, 15) is 4.79 Å². The van der Waals surface area contributed by atoms with Gasteiger partial charge in [-0.1, -0.05) is 31.4 Å². The minimum atomic E-state index is -0.0766. The second-order valence-corrected chi connectivity index (χ2v) is 5.45. The summed E-state index contributed by atoms with van der Waals surface area (Å²) in [4.78, 5) is 12.0. The van der Waals surface area contributed by atoms with E-state index in [1.165, 1.54) is 19.3 Å². The SMILES string of the molecule is COc1cccc([C@H](C)NC(=O)NC2CCCCC2)c1. The van der Waals surface area contributed by atoms with Gasteiger partial charge in [0.2, 0.25) is 0 Å². The molecule has 0 radical (unpaired) electrons. The van der Waals surface area contributed by atoms with Gasteiger partial charge in [-0.3, -0.25) is 0 Å². The number of hydrogen-bond acceptors (Lipinski definition) is 2. The van der Waals surface area contributed by atoms with Gasteiger partial charge < -0.3 is 15.4 Å². The largest absolute Gasteiger partial charge is 0.497 e. The average molecular weight is 276 g/mol. The fraction of sp³-hybridized carbons (Fsp3) is 0.562. The third kappa shape index (κ3) is 4.15. The van der Waals surface area contributed by atoms with Crippen LogP contribution >= 0.6 is 0 Å². The molecule has 110 valence electrons. The Morgan fingerprint density at radius 3 is 2.75 bits per heavy atom. The molecule has 1 saturated carbocycles. The van der Waals surface area contributed by atoms with Crippen LogP contribution in [0, 0.1) is 0 Å². The zero-order valence-corrected chi connectivity index (χ0v) is 12.3. The fourth-order valence-corrected chi connectivity index (χ4v) is 2.66. The number of carbonyl (C=O) groups excluding carboxylic acids is 1. The molecule has 1 atom stereocenters. The molecule has 2 rings (SSSR count). The van der Waals surface area contributed by atoms with Crippen LogP contribution in [0.25, 0.3) is 0 Å². The number of benzene rings is 1. The molecular weight excluding hydrogens is 252 g/mol. The summed E-state index contributed by atoms with van der Waals surface area (Å²) in [5.74, 6) is 0.809. The highest BCUT2D eigenvalue weighted by atomic mass is 16.5. The molecule has 1 aromatic carbocycles. The minimum absolute atomic E-state index is 0.0336. The van der Waals surface area contributed by atoms with Gasteiger partial charge >= 0.3 is 6.03 Å². The normalized spacial score (nSPS) is 17.3. The molecule has 2 N–H and O–H groups in total. The van der Waals surface area contributed by atoms with E-state index in [0.717, 1.165) is 24.2 Å². The maximum absolute atomic E-state index is 12.0. The molecule has 0 bridgehead atoms. The molecule has 2 amide bonds. The number of nitrogens with one attached hydrogen (secondary N) is 2. The first-order valence-electron chi connectivity index (χ1n) is 7.40. The number of carbonyl (C=O) groups is 1. The minimum Gasteiger partial charge on any atom is -0.497 e. The maximum Gasteiger partial charge on any atom is 0.315 e. The van der Waals surface area contributed by atoms with E-state index in [1.54, 1.807) is 7.11 Å². The highest BCUT2D eigenvalue weighted by Crippen LogP contribution is 2.19. The summed E-state index contributed by atoms with van der Waals surface area (Å²) in [7, 11) is 1.65. The molecule has 0 heterocycles. The zero-order chi connectivity index (χ0) is 14.4. The van der Waals surface area contributed by atoms with E-state index >= 15 is 0 Å². The predicted molar refractivity (Wildman–Crippen MR) is 79.9 cm³/mol. The van der Waals surface area contributed by atoms with E-state index in [1.807, 2.05) is 31.2 Å². The molecule has 0 saturated heterocycles. The molecule has 1 aliphatic carbocycles. The van der Waals surface area contributed by atoms with Crippen molar-refractivity contribution in [1.29, 1.82) is 0 Å².